The van der Waals surface area contributed by atoms with E-state index >= 15 is 0 Å². The molecule has 0 aromatic carbocycles. The van der Waals surface area contributed by atoms with Gasteiger partial charge in [0, 0.05) is 30.3 Å². The van der Waals surface area contributed by atoms with Crippen molar-refractivity contribution >= 4 is 45.4 Å². The topological polar surface area (TPSA) is 113 Å². The average Bonchev–Trinajstić information content (AvgIpc) is 3.29. The molecule has 0 spiro atoms. The lowest BCUT2D eigenvalue weighted by molar-refractivity contribution is -0.125. The second kappa shape index (κ2) is 7.92. The quantitative estimate of drug-likeness (QED) is 0.569. The molecular formula is C19H19ClN6O2S. The maximum atomic E-state index is 12.7. The van der Waals surface area contributed by atoms with Crippen molar-refractivity contribution in [3.8, 4) is 11.4 Å². The Balaban J connectivity index is 1.49. The van der Waals surface area contributed by atoms with Gasteiger partial charge in [-0.2, -0.15) is 5.10 Å². The molecule has 0 radical (unpaired) electrons. The van der Waals surface area contributed by atoms with Gasteiger partial charge in [0.15, 0.2) is 11.6 Å². The van der Waals surface area contributed by atoms with Crippen LogP contribution >= 0.6 is 22.9 Å². The predicted octanol–water partition coefficient (Wildman–Crippen LogP) is 3.84. The average molecular weight is 431 g/mol. The van der Waals surface area contributed by atoms with Crippen molar-refractivity contribution in [3.63, 3.8) is 0 Å². The molecule has 0 bridgehead atoms. The van der Waals surface area contributed by atoms with E-state index in [4.69, 9.17) is 11.6 Å². The van der Waals surface area contributed by atoms with Crippen LogP contribution in [0.1, 0.15) is 37.7 Å². The summed E-state index contributed by atoms with van der Waals surface area (Å²) in [7, 11) is 0. The Morgan fingerprint density at radius 2 is 2.28 bits per heavy atom. The third kappa shape index (κ3) is 4.01. The van der Waals surface area contributed by atoms with Crippen LogP contribution in [0.5, 0.6) is 0 Å². The van der Waals surface area contributed by atoms with Crippen molar-refractivity contribution in [2.75, 3.05) is 10.6 Å². The van der Waals surface area contributed by atoms with Crippen LogP contribution in [-0.4, -0.2) is 32.0 Å². The number of H-pyrrole nitrogens is 1. The molecule has 4 rings (SSSR count). The highest BCUT2D eigenvalue weighted by Gasteiger charge is 2.29. The number of hydrogen-bond donors (Lipinski definition) is 3. The summed E-state index contributed by atoms with van der Waals surface area (Å²) in [5, 5.41) is 15.5. The number of nitrogens with zero attached hydrogens (tertiary/aromatic N) is 3. The number of fused-ring (bicyclic) bond motifs is 1. The summed E-state index contributed by atoms with van der Waals surface area (Å²) >= 11 is 7.63. The molecule has 0 fully saturated rings. The normalized spacial score (nSPS) is 15.9. The van der Waals surface area contributed by atoms with E-state index in [9.17, 15) is 9.59 Å². The summed E-state index contributed by atoms with van der Waals surface area (Å²) in [6.45, 7) is 3.99. The molecule has 150 valence electrons. The molecule has 3 aromatic heterocycles. The number of nitrogens with one attached hydrogen (secondary N) is 3. The second-order valence-corrected chi connectivity index (χ2v) is 8.41. The van der Waals surface area contributed by atoms with E-state index in [-0.39, 0.29) is 24.2 Å². The first kappa shape index (κ1) is 19.5. The zero-order valence-corrected chi connectivity index (χ0v) is 17.4. The highest BCUT2D eigenvalue weighted by Crippen LogP contribution is 2.39. The first-order valence-corrected chi connectivity index (χ1v) is 10.4. The summed E-state index contributed by atoms with van der Waals surface area (Å²) in [6.07, 6.45) is 2.15. The number of anilines is 2. The van der Waals surface area contributed by atoms with Crippen LogP contribution in [0, 0.1) is 5.92 Å². The minimum Gasteiger partial charge on any atom is -0.324 e. The summed E-state index contributed by atoms with van der Waals surface area (Å²) < 4.78 is 0. The Morgan fingerprint density at radius 1 is 1.45 bits per heavy atom. The SMILES string of the molecule is CC(C)c1n[nH]c(-c2c(Cl)csc2NC(=O)CC2Cc3ncccc3NC2=O)n1. The molecule has 0 saturated carbocycles. The lowest BCUT2D eigenvalue weighted by Gasteiger charge is -2.23. The van der Waals surface area contributed by atoms with Gasteiger partial charge >= 0.3 is 0 Å². The van der Waals surface area contributed by atoms with Crippen LogP contribution in [-0.2, 0) is 16.0 Å². The molecule has 3 N–H and O–H groups in total. The lowest BCUT2D eigenvalue weighted by atomic mass is 9.93. The number of carbonyl (C=O) groups is 2. The Hall–Kier alpha value is -2.78. The van der Waals surface area contributed by atoms with Crippen molar-refractivity contribution < 1.29 is 9.59 Å². The van der Waals surface area contributed by atoms with Gasteiger partial charge in [-0.05, 0) is 12.1 Å². The first-order valence-electron chi connectivity index (χ1n) is 9.16. The van der Waals surface area contributed by atoms with Gasteiger partial charge < -0.3 is 10.6 Å². The van der Waals surface area contributed by atoms with E-state index in [0.29, 0.717) is 39.3 Å². The van der Waals surface area contributed by atoms with Gasteiger partial charge in [-0.1, -0.05) is 25.4 Å². The van der Waals surface area contributed by atoms with E-state index in [0.717, 1.165) is 5.69 Å². The summed E-state index contributed by atoms with van der Waals surface area (Å²) in [5.74, 6) is 0.411. The summed E-state index contributed by atoms with van der Waals surface area (Å²) in [5.41, 5.74) is 2.09. The maximum Gasteiger partial charge on any atom is 0.228 e. The smallest absolute Gasteiger partial charge is 0.228 e. The van der Waals surface area contributed by atoms with Crippen LogP contribution in [0.25, 0.3) is 11.4 Å². The van der Waals surface area contributed by atoms with Crippen LogP contribution in [0.2, 0.25) is 5.02 Å². The standard InChI is InChI=1S/C19H19ClN6O2S/c1-9(2)16-24-17(26-25-16)15-11(20)8-29-19(15)23-14(27)7-10-6-13-12(22-18(10)28)4-3-5-21-13/h3-5,8-10H,6-7H2,1-2H3,(H,22,28)(H,23,27)(H,24,25,26). The van der Waals surface area contributed by atoms with Crippen LogP contribution in [0.15, 0.2) is 23.7 Å². The number of carbonyl (C=O) groups excluding carboxylic acids is 2. The summed E-state index contributed by atoms with van der Waals surface area (Å²) in [6, 6.07) is 3.57. The molecule has 4 heterocycles. The van der Waals surface area contributed by atoms with Crippen molar-refractivity contribution in [2.45, 2.75) is 32.6 Å². The van der Waals surface area contributed by atoms with Crippen LogP contribution in [0.4, 0.5) is 10.7 Å². The fourth-order valence-corrected chi connectivity index (χ4v) is 4.35. The number of hydrogen-bond acceptors (Lipinski definition) is 6. The van der Waals surface area contributed by atoms with Crippen LogP contribution < -0.4 is 10.6 Å². The van der Waals surface area contributed by atoms with Crippen LogP contribution in [0.3, 0.4) is 0 Å². The largest absolute Gasteiger partial charge is 0.324 e. The molecule has 29 heavy (non-hydrogen) atoms. The third-order valence-corrected chi connectivity index (χ3v) is 5.97. The molecule has 2 amide bonds. The van der Waals surface area contributed by atoms with Gasteiger partial charge in [0.2, 0.25) is 11.8 Å². The molecule has 0 aliphatic carbocycles. The number of thiophene rings is 1. The number of aromatic amines is 1. The fraction of sp³-hybridized carbons (Fsp3) is 0.316. The van der Waals surface area contributed by atoms with E-state index in [1.54, 1.807) is 23.7 Å². The van der Waals surface area contributed by atoms with Gasteiger partial charge in [0.1, 0.15) is 5.00 Å². The third-order valence-electron chi connectivity index (χ3n) is 4.65. The van der Waals surface area contributed by atoms with E-state index in [1.165, 1.54) is 11.3 Å². The van der Waals surface area contributed by atoms with Crippen molar-refractivity contribution in [2.24, 2.45) is 5.92 Å². The highest BCUT2D eigenvalue weighted by molar-refractivity contribution is 7.15. The lowest BCUT2D eigenvalue weighted by Crippen LogP contribution is -2.33. The molecule has 1 aliphatic heterocycles. The van der Waals surface area contributed by atoms with E-state index in [1.807, 2.05) is 13.8 Å². The Labute approximate surface area is 176 Å². The number of amides is 2. The Kier molecular flexibility index (Phi) is 5.33. The minimum atomic E-state index is -0.478. The van der Waals surface area contributed by atoms with Gasteiger partial charge in [-0.25, -0.2) is 4.98 Å². The number of aromatic nitrogens is 4. The molecule has 1 atom stereocenters. The Morgan fingerprint density at radius 3 is 3.03 bits per heavy atom. The fourth-order valence-electron chi connectivity index (χ4n) is 3.14. The van der Waals surface area contributed by atoms with Crippen molar-refractivity contribution in [1.29, 1.82) is 0 Å². The minimum absolute atomic E-state index is 0.0461. The molecule has 0 saturated heterocycles. The van der Waals surface area contributed by atoms with Gasteiger partial charge in [0.25, 0.3) is 0 Å². The van der Waals surface area contributed by atoms with E-state index < -0.39 is 5.92 Å². The summed E-state index contributed by atoms with van der Waals surface area (Å²) in [4.78, 5) is 33.7. The Bertz CT molecular complexity index is 1080. The molecule has 3 aromatic rings. The maximum absolute atomic E-state index is 12.7. The monoisotopic (exact) mass is 430 g/mol. The molecule has 1 unspecified atom stereocenters. The molecule has 8 nitrogen and oxygen atoms in total. The van der Waals surface area contributed by atoms with Crippen molar-refractivity contribution in [1.82, 2.24) is 20.2 Å². The molecular weight excluding hydrogens is 412 g/mol. The number of rotatable bonds is 5. The van der Waals surface area contributed by atoms with E-state index in [2.05, 4.69) is 30.8 Å². The second-order valence-electron chi connectivity index (χ2n) is 7.12. The molecule has 1 aliphatic rings. The van der Waals surface area contributed by atoms with Gasteiger partial charge in [-0.3, -0.25) is 19.7 Å². The highest BCUT2D eigenvalue weighted by atomic mass is 35.5. The molecule has 10 heteroatoms. The number of pyridine rings is 1. The van der Waals surface area contributed by atoms with Crippen molar-refractivity contribution in [3.05, 3.63) is 40.3 Å². The first-order chi connectivity index (χ1) is 13.9. The van der Waals surface area contributed by atoms with Gasteiger partial charge in [0.05, 0.1) is 27.9 Å². The zero-order valence-electron chi connectivity index (χ0n) is 15.8. The zero-order chi connectivity index (χ0) is 20.5. The predicted molar refractivity (Wildman–Crippen MR) is 112 cm³/mol. The van der Waals surface area contributed by atoms with Gasteiger partial charge in [-0.15, -0.1) is 11.3 Å². The number of halogens is 1.